The van der Waals surface area contributed by atoms with Crippen molar-refractivity contribution in [3.63, 3.8) is 0 Å². The summed E-state index contributed by atoms with van der Waals surface area (Å²) in [5, 5.41) is 2.91. The number of hydrogen-bond acceptors (Lipinski definition) is 4. The zero-order valence-corrected chi connectivity index (χ0v) is 16.5. The highest BCUT2D eigenvalue weighted by molar-refractivity contribution is 5.94. The summed E-state index contributed by atoms with van der Waals surface area (Å²) in [6.45, 7) is 2.48. The van der Waals surface area contributed by atoms with Crippen molar-refractivity contribution in [1.82, 2.24) is 15.3 Å². The first-order valence-electron chi connectivity index (χ1n) is 10.2. The third-order valence-corrected chi connectivity index (χ3v) is 5.49. The van der Waals surface area contributed by atoms with Gasteiger partial charge in [0, 0.05) is 38.2 Å². The lowest BCUT2D eigenvalue weighted by atomic mass is 9.90. The Morgan fingerprint density at radius 3 is 2.45 bits per heavy atom. The van der Waals surface area contributed by atoms with Crippen LogP contribution in [0.4, 0.5) is 5.82 Å². The van der Waals surface area contributed by atoms with Crippen molar-refractivity contribution in [2.75, 3.05) is 18.0 Å². The number of aromatic nitrogens is 2. The number of rotatable bonds is 6. The van der Waals surface area contributed by atoms with Gasteiger partial charge in [-0.25, -0.2) is 4.98 Å². The summed E-state index contributed by atoms with van der Waals surface area (Å²) < 4.78 is 0. The highest BCUT2D eigenvalue weighted by atomic mass is 16.1. The SMILES string of the molecule is O=C(NCc1cccnc1)c1ccc(N2CCC(Cc3ccccc3)CC2)nc1. The normalized spacial score (nSPS) is 14.6. The molecule has 0 radical (unpaired) electrons. The molecule has 0 spiro atoms. The monoisotopic (exact) mass is 386 g/mol. The van der Waals surface area contributed by atoms with Crippen LogP contribution in [0.1, 0.15) is 34.3 Å². The minimum Gasteiger partial charge on any atom is -0.357 e. The molecule has 0 saturated carbocycles. The second-order valence-electron chi connectivity index (χ2n) is 7.57. The van der Waals surface area contributed by atoms with Crippen molar-refractivity contribution in [3.8, 4) is 0 Å². The Morgan fingerprint density at radius 1 is 0.966 bits per heavy atom. The van der Waals surface area contributed by atoms with E-state index in [9.17, 15) is 4.79 Å². The fourth-order valence-corrected chi connectivity index (χ4v) is 3.81. The van der Waals surface area contributed by atoms with E-state index in [4.69, 9.17) is 0 Å². The van der Waals surface area contributed by atoms with Crippen LogP contribution in [0.2, 0.25) is 0 Å². The van der Waals surface area contributed by atoms with Crippen LogP contribution < -0.4 is 10.2 Å². The summed E-state index contributed by atoms with van der Waals surface area (Å²) in [4.78, 5) is 23.3. The maximum atomic E-state index is 12.3. The number of carbonyl (C=O) groups excluding carboxylic acids is 1. The second-order valence-corrected chi connectivity index (χ2v) is 7.57. The molecule has 1 saturated heterocycles. The van der Waals surface area contributed by atoms with E-state index >= 15 is 0 Å². The second kappa shape index (κ2) is 9.32. The molecule has 2 aromatic heterocycles. The molecule has 1 amide bonds. The maximum absolute atomic E-state index is 12.3. The van der Waals surface area contributed by atoms with Crippen molar-refractivity contribution in [2.24, 2.45) is 5.92 Å². The van der Waals surface area contributed by atoms with E-state index in [0.29, 0.717) is 12.1 Å². The Labute approximate surface area is 171 Å². The molecule has 0 unspecified atom stereocenters. The largest absolute Gasteiger partial charge is 0.357 e. The van der Waals surface area contributed by atoms with Crippen LogP contribution in [0.15, 0.2) is 73.2 Å². The predicted molar refractivity (Wildman–Crippen MR) is 115 cm³/mol. The molecule has 1 N–H and O–H groups in total. The van der Waals surface area contributed by atoms with Gasteiger partial charge in [0.15, 0.2) is 0 Å². The molecular weight excluding hydrogens is 360 g/mol. The van der Waals surface area contributed by atoms with Gasteiger partial charge in [-0.3, -0.25) is 9.78 Å². The van der Waals surface area contributed by atoms with Crippen molar-refractivity contribution in [1.29, 1.82) is 0 Å². The molecule has 29 heavy (non-hydrogen) atoms. The van der Waals surface area contributed by atoms with E-state index in [-0.39, 0.29) is 5.91 Å². The highest BCUT2D eigenvalue weighted by Gasteiger charge is 2.20. The molecule has 5 nitrogen and oxygen atoms in total. The topological polar surface area (TPSA) is 58.1 Å². The minimum absolute atomic E-state index is 0.116. The molecule has 1 fully saturated rings. The quantitative estimate of drug-likeness (QED) is 0.699. The predicted octanol–water partition coefficient (Wildman–Crippen LogP) is 3.87. The van der Waals surface area contributed by atoms with Gasteiger partial charge in [0.05, 0.1) is 5.56 Å². The van der Waals surface area contributed by atoms with Crippen molar-refractivity contribution >= 4 is 11.7 Å². The van der Waals surface area contributed by atoms with Gasteiger partial charge in [-0.1, -0.05) is 36.4 Å². The number of piperidine rings is 1. The number of nitrogens with zero attached hydrogens (tertiary/aromatic N) is 3. The Balaban J connectivity index is 1.27. The number of carbonyl (C=O) groups is 1. The van der Waals surface area contributed by atoms with Crippen LogP contribution in [0.3, 0.4) is 0 Å². The smallest absolute Gasteiger partial charge is 0.253 e. The number of benzene rings is 1. The first-order valence-corrected chi connectivity index (χ1v) is 10.2. The summed E-state index contributed by atoms with van der Waals surface area (Å²) in [5.41, 5.74) is 2.98. The van der Waals surface area contributed by atoms with E-state index in [1.165, 1.54) is 18.4 Å². The maximum Gasteiger partial charge on any atom is 0.253 e. The summed E-state index contributed by atoms with van der Waals surface area (Å²) in [7, 11) is 0. The Kier molecular flexibility index (Phi) is 6.15. The summed E-state index contributed by atoms with van der Waals surface area (Å²) in [6.07, 6.45) is 8.64. The average Bonchev–Trinajstić information content (AvgIpc) is 2.79. The zero-order chi connectivity index (χ0) is 19.9. The molecular formula is C24H26N4O. The molecule has 1 aliphatic rings. The molecule has 148 valence electrons. The molecule has 4 rings (SSSR count). The fourth-order valence-electron chi connectivity index (χ4n) is 3.81. The average molecular weight is 386 g/mol. The Bertz CT molecular complexity index is 905. The number of pyridine rings is 2. The van der Waals surface area contributed by atoms with E-state index in [2.05, 4.69) is 50.5 Å². The van der Waals surface area contributed by atoms with Crippen LogP contribution in [0, 0.1) is 5.92 Å². The van der Waals surface area contributed by atoms with Gasteiger partial charge in [0.1, 0.15) is 5.82 Å². The number of hydrogen-bond donors (Lipinski definition) is 1. The van der Waals surface area contributed by atoms with Crippen LogP contribution in [0.5, 0.6) is 0 Å². The molecule has 0 bridgehead atoms. The highest BCUT2D eigenvalue weighted by Crippen LogP contribution is 2.24. The molecule has 1 aromatic carbocycles. The molecule has 3 aromatic rings. The van der Waals surface area contributed by atoms with Crippen LogP contribution in [-0.4, -0.2) is 29.0 Å². The van der Waals surface area contributed by atoms with E-state index in [0.717, 1.165) is 36.8 Å². The van der Waals surface area contributed by atoms with Gasteiger partial charge in [0.2, 0.25) is 0 Å². The van der Waals surface area contributed by atoms with E-state index in [1.54, 1.807) is 18.6 Å². The van der Waals surface area contributed by atoms with Crippen LogP contribution in [0.25, 0.3) is 0 Å². The van der Waals surface area contributed by atoms with Gasteiger partial charge < -0.3 is 10.2 Å². The van der Waals surface area contributed by atoms with Crippen LogP contribution >= 0.6 is 0 Å². The van der Waals surface area contributed by atoms with Crippen molar-refractivity contribution < 1.29 is 4.79 Å². The lowest BCUT2D eigenvalue weighted by Crippen LogP contribution is -2.35. The Hall–Kier alpha value is -3.21. The lowest BCUT2D eigenvalue weighted by molar-refractivity contribution is 0.0950. The molecule has 1 aliphatic heterocycles. The third-order valence-electron chi connectivity index (χ3n) is 5.49. The van der Waals surface area contributed by atoms with Gasteiger partial charge >= 0.3 is 0 Å². The molecule has 3 heterocycles. The summed E-state index contributed by atoms with van der Waals surface area (Å²) in [6, 6.07) is 18.3. The third kappa shape index (κ3) is 5.19. The number of anilines is 1. The summed E-state index contributed by atoms with van der Waals surface area (Å²) >= 11 is 0. The molecule has 0 atom stereocenters. The fraction of sp³-hybridized carbons (Fsp3) is 0.292. The first kappa shape index (κ1) is 19.1. The van der Waals surface area contributed by atoms with E-state index < -0.39 is 0 Å². The van der Waals surface area contributed by atoms with E-state index in [1.807, 2.05) is 24.3 Å². The number of nitrogens with one attached hydrogen (secondary N) is 1. The zero-order valence-electron chi connectivity index (χ0n) is 16.5. The Morgan fingerprint density at radius 2 is 1.76 bits per heavy atom. The standard InChI is InChI=1S/C24H26N4O/c29-24(27-17-21-7-4-12-25-16-21)22-8-9-23(26-18-22)28-13-10-20(11-14-28)15-19-5-2-1-3-6-19/h1-9,12,16,18,20H,10-11,13-15,17H2,(H,27,29). The number of amides is 1. The van der Waals surface area contributed by atoms with Crippen molar-refractivity contribution in [3.05, 3.63) is 89.9 Å². The van der Waals surface area contributed by atoms with Gasteiger partial charge in [-0.15, -0.1) is 0 Å². The summed E-state index contributed by atoms with van der Waals surface area (Å²) in [5.74, 6) is 1.56. The van der Waals surface area contributed by atoms with Gasteiger partial charge in [-0.05, 0) is 54.5 Å². The molecule has 0 aliphatic carbocycles. The van der Waals surface area contributed by atoms with Gasteiger partial charge in [0.25, 0.3) is 5.91 Å². The minimum atomic E-state index is -0.116. The lowest BCUT2D eigenvalue weighted by Gasteiger charge is -2.33. The van der Waals surface area contributed by atoms with Gasteiger partial charge in [-0.2, -0.15) is 0 Å². The van der Waals surface area contributed by atoms with Crippen LogP contribution in [-0.2, 0) is 13.0 Å². The molecule has 5 heteroatoms. The van der Waals surface area contributed by atoms with Crippen molar-refractivity contribution in [2.45, 2.75) is 25.8 Å². The first-order chi connectivity index (χ1) is 14.3.